The fourth-order valence-electron chi connectivity index (χ4n) is 6.03. The van der Waals surface area contributed by atoms with Gasteiger partial charge in [0, 0.05) is 12.0 Å². The van der Waals surface area contributed by atoms with Gasteiger partial charge in [-0.2, -0.15) is 0 Å². The molecule has 6 heteroatoms. The van der Waals surface area contributed by atoms with E-state index in [1.54, 1.807) is 6.07 Å². The molecule has 5 nitrogen and oxygen atoms in total. The van der Waals surface area contributed by atoms with Gasteiger partial charge in [-0.05, 0) is 103 Å². The summed E-state index contributed by atoms with van der Waals surface area (Å²) in [5.41, 5.74) is 7.03. The lowest BCUT2D eigenvalue weighted by molar-refractivity contribution is -0.138. The summed E-state index contributed by atoms with van der Waals surface area (Å²) in [4.78, 5) is 11.2. The van der Waals surface area contributed by atoms with Gasteiger partial charge < -0.3 is 19.3 Å². The zero-order valence-electron chi connectivity index (χ0n) is 21.1. The minimum atomic E-state index is -0.741. The highest BCUT2D eigenvalue weighted by molar-refractivity contribution is 5.77. The molecule has 1 saturated carbocycles. The third-order valence-electron chi connectivity index (χ3n) is 7.94. The second kappa shape index (κ2) is 9.49. The van der Waals surface area contributed by atoms with Crippen molar-refractivity contribution in [3.05, 3.63) is 82.2 Å². The molecule has 37 heavy (non-hydrogen) atoms. The minimum Gasteiger partial charge on any atom is -0.488 e. The monoisotopic (exact) mass is 502 g/mol. The zero-order chi connectivity index (χ0) is 25.7. The summed E-state index contributed by atoms with van der Waals surface area (Å²) in [6.45, 7) is 5.52. The van der Waals surface area contributed by atoms with Gasteiger partial charge in [0.25, 0.3) is 0 Å². The van der Waals surface area contributed by atoms with E-state index in [0.717, 1.165) is 58.6 Å². The molecule has 1 heterocycles. The molecule has 0 bridgehead atoms. The molecule has 2 aliphatic carbocycles. The first-order valence-electron chi connectivity index (χ1n) is 13.1. The third-order valence-corrected chi connectivity index (χ3v) is 7.94. The van der Waals surface area contributed by atoms with Gasteiger partial charge in [-0.15, -0.1) is 0 Å². The van der Waals surface area contributed by atoms with Crippen LogP contribution < -0.4 is 9.47 Å². The van der Waals surface area contributed by atoms with Crippen molar-refractivity contribution >= 4 is 5.97 Å². The molecular formula is C31H31FO5. The molecule has 0 spiro atoms. The topological polar surface area (TPSA) is 65.0 Å². The van der Waals surface area contributed by atoms with Crippen LogP contribution in [-0.4, -0.2) is 30.4 Å². The molecule has 1 aliphatic heterocycles. The van der Waals surface area contributed by atoms with E-state index in [9.17, 15) is 9.90 Å². The second-order valence-corrected chi connectivity index (χ2v) is 10.5. The van der Waals surface area contributed by atoms with Crippen molar-refractivity contribution in [3.8, 4) is 22.6 Å². The average Bonchev–Trinajstić information content (AvgIpc) is 3.30. The summed E-state index contributed by atoms with van der Waals surface area (Å²) in [6, 6.07) is 15.2. The van der Waals surface area contributed by atoms with Crippen molar-refractivity contribution in [3.63, 3.8) is 0 Å². The van der Waals surface area contributed by atoms with Gasteiger partial charge in [0.15, 0.2) is 0 Å². The van der Waals surface area contributed by atoms with Crippen LogP contribution in [0.15, 0.2) is 48.5 Å². The van der Waals surface area contributed by atoms with Crippen molar-refractivity contribution in [1.82, 2.24) is 0 Å². The Morgan fingerprint density at radius 2 is 1.76 bits per heavy atom. The largest absolute Gasteiger partial charge is 0.488 e. The van der Waals surface area contributed by atoms with Crippen LogP contribution in [-0.2, 0) is 16.0 Å². The van der Waals surface area contributed by atoms with Crippen LogP contribution in [0.3, 0.4) is 0 Å². The maximum absolute atomic E-state index is 15.2. The van der Waals surface area contributed by atoms with Gasteiger partial charge in [0.05, 0.1) is 19.1 Å². The molecule has 3 aliphatic rings. The van der Waals surface area contributed by atoms with Crippen molar-refractivity contribution in [1.29, 1.82) is 0 Å². The first-order valence-corrected chi connectivity index (χ1v) is 13.1. The predicted molar refractivity (Wildman–Crippen MR) is 138 cm³/mol. The van der Waals surface area contributed by atoms with Gasteiger partial charge in [-0.3, -0.25) is 4.79 Å². The molecule has 0 radical (unpaired) electrons. The summed E-state index contributed by atoms with van der Waals surface area (Å²) in [5.74, 6) is 0.327. The van der Waals surface area contributed by atoms with Crippen LogP contribution in [0.5, 0.6) is 11.5 Å². The number of hydrogen-bond donors (Lipinski definition) is 1. The van der Waals surface area contributed by atoms with Crippen LogP contribution in [0.25, 0.3) is 11.1 Å². The number of rotatable bonds is 7. The molecule has 192 valence electrons. The Morgan fingerprint density at radius 1 is 1.00 bits per heavy atom. The SMILES string of the molecule is Cc1cc(O[C@@H]2CCOC2)cc(C)c1-c1ccc(F)c2c1CC[C@H]2Oc1ccc([C@H]2C[C@@H]2C(=O)O)cc1. The summed E-state index contributed by atoms with van der Waals surface area (Å²) in [5, 5.41) is 9.19. The number of halogens is 1. The summed E-state index contributed by atoms with van der Waals surface area (Å²) in [7, 11) is 0. The fourth-order valence-corrected chi connectivity index (χ4v) is 6.03. The van der Waals surface area contributed by atoms with Crippen LogP contribution in [0, 0.1) is 25.6 Å². The third kappa shape index (κ3) is 4.59. The minimum absolute atomic E-state index is 0.0773. The van der Waals surface area contributed by atoms with E-state index in [4.69, 9.17) is 14.2 Å². The van der Waals surface area contributed by atoms with Crippen molar-refractivity contribution < 1.29 is 28.5 Å². The van der Waals surface area contributed by atoms with E-state index in [-0.39, 0.29) is 29.9 Å². The number of hydrogen-bond acceptors (Lipinski definition) is 4. The Bertz CT molecular complexity index is 1320. The Hall–Kier alpha value is -3.38. The Kier molecular flexibility index (Phi) is 6.15. The fraction of sp³-hybridized carbons (Fsp3) is 0.387. The molecule has 4 atom stereocenters. The first-order chi connectivity index (χ1) is 17.9. The number of fused-ring (bicyclic) bond motifs is 1. The Labute approximate surface area is 216 Å². The van der Waals surface area contributed by atoms with E-state index in [1.165, 1.54) is 0 Å². The van der Waals surface area contributed by atoms with E-state index in [1.807, 2.05) is 30.3 Å². The highest BCUT2D eigenvalue weighted by Crippen LogP contribution is 2.48. The van der Waals surface area contributed by atoms with Gasteiger partial charge in [-0.1, -0.05) is 18.2 Å². The summed E-state index contributed by atoms with van der Waals surface area (Å²) < 4.78 is 33.0. The standard InChI is InChI=1S/C31H31FO5/c1-17-13-22(36-21-11-12-35-16-21)14-18(2)29(17)23-7-9-27(32)30-24(23)8-10-28(30)37-20-5-3-19(4-6-20)25-15-26(25)31(33)34/h3-7,9,13-14,21,25-26,28H,8,10-12,15-16H2,1-2H3,(H,33,34)/t21-,25-,26+,28-/m1/s1. The lowest BCUT2D eigenvalue weighted by Gasteiger charge is -2.20. The van der Waals surface area contributed by atoms with Gasteiger partial charge in [-0.25, -0.2) is 4.39 Å². The van der Waals surface area contributed by atoms with Crippen molar-refractivity contribution in [2.24, 2.45) is 5.92 Å². The number of aryl methyl sites for hydroxylation is 2. The van der Waals surface area contributed by atoms with Crippen LogP contribution >= 0.6 is 0 Å². The van der Waals surface area contributed by atoms with Crippen molar-refractivity contribution in [2.75, 3.05) is 13.2 Å². The number of ether oxygens (including phenoxy) is 3. The molecule has 0 amide bonds. The maximum Gasteiger partial charge on any atom is 0.307 e. The van der Waals surface area contributed by atoms with Gasteiger partial charge in [0.1, 0.15) is 29.5 Å². The normalized spacial score (nSPS) is 24.1. The van der Waals surface area contributed by atoms with E-state index >= 15 is 4.39 Å². The summed E-state index contributed by atoms with van der Waals surface area (Å²) >= 11 is 0. The molecular weight excluding hydrogens is 471 g/mol. The highest BCUT2D eigenvalue weighted by Gasteiger charge is 2.44. The van der Waals surface area contributed by atoms with Crippen LogP contribution in [0.1, 0.15) is 59.1 Å². The number of carboxylic acid groups (broad SMARTS) is 1. The van der Waals surface area contributed by atoms with E-state index in [2.05, 4.69) is 26.0 Å². The zero-order valence-corrected chi connectivity index (χ0v) is 21.1. The number of carbonyl (C=O) groups is 1. The van der Waals surface area contributed by atoms with E-state index in [0.29, 0.717) is 30.8 Å². The van der Waals surface area contributed by atoms with Gasteiger partial charge >= 0.3 is 5.97 Å². The maximum atomic E-state index is 15.2. The van der Waals surface area contributed by atoms with Crippen LogP contribution in [0.4, 0.5) is 4.39 Å². The van der Waals surface area contributed by atoms with Crippen LogP contribution in [0.2, 0.25) is 0 Å². The molecule has 3 aromatic carbocycles. The smallest absolute Gasteiger partial charge is 0.307 e. The lowest BCUT2D eigenvalue weighted by Crippen LogP contribution is -2.15. The molecule has 0 aromatic heterocycles. The summed E-state index contributed by atoms with van der Waals surface area (Å²) in [6.07, 6.45) is 2.76. The molecule has 1 N–H and O–H groups in total. The molecule has 1 saturated heterocycles. The number of carboxylic acids is 1. The van der Waals surface area contributed by atoms with Gasteiger partial charge in [0.2, 0.25) is 0 Å². The second-order valence-electron chi connectivity index (χ2n) is 10.5. The first kappa shape index (κ1) is 24.0. The Morgan fingerprint density at radius 3 is 2.41 bits per heavy atom. The number of benzene rings is 3. The number of aliphatic carboxylic acids is 1. The quantitative estimate of drug-likeness (QED) is 0.398. The van der Waals surface area contributed by atoms with Crippen molar-refractivity contribution in [2.45, 2.75) is 57.7 Å². The highest BCUT2D eigenvalue weighted by atomic mass is 19.1. The molecule has 0 unspecified atom stereocenters. The van der Waals surface area contributed by atoms with E-state index < -0.39 is 5.97 Å². The molecule has 2 fully saturated rings. The predicted octanol–water partition coefficient (Wildman–Crippen LogP) is 6.53. The molecule has 3 aromatic rings. The average molecular weight is 503 g/mol. The lowest BCUT2D eigenvalue weighted by atomic mass is 9.90. The Balaban J connectivity index is 1.24. The molecule has 6 rings (SSSR count).